The molecule has 0 spiro atoms. The van der Waals surface area contributed by atoms with Gasteiger partial charge in [-0.1, -0.05) is 6.08 Å². The zero-order valence-electron chi connectivity index (χ0n) is 11.1. The molecule has 0 N–H and O–H groups in total. The Morgan fingerprint density at radius 1 is 0.941 bits per heavy atom. The van der Waals surface area contributed by atoms with Gasteiger partial charge in [0.1, 0.15) is 0 Å². The molecule has 17 heavy (non-hydrogen) atoms. The smallest absolute Gasteiger partial charge is 0.382 e. The summed E-state index contributed by atoms with van der Waals surface area (Å²) >= 11 is 0. The Morgan fingerprint density at radius 2 is 1.53 bits per heavy atom. The van der Waals surface area contributed by atoms with Crippen molar-refractivity contribution in [3.05, 3.63) is 12.7 Å². The largest absolute Gasteiger partial charge is 0.679 e. The minimum absolute atomic E-state index is 0.400. The number of hydrogen-bond acceptors (Lipinski definition) is 5. The maximum atomic E-state index is 5.64. The van der Waals surface area contributed by atoms with E-state index in [4.69, 9.17) is 22.4 Å². The predicted molar refractivity (Wildman–Crippen MR) is 67.6 cm³/mol. The molecule has 102 valence electrons. The van der Waals surface area contributed by atoms with Crippen molar-refractivity contribution in [3.63, 3.8) is 0 Å². The molecule has 0 aromatic heterocycles. The van der Waals surface area contributed by atoms with Gasteiger partial charge in [0.25, 0.3) is 0 Å². The van der Waals surface area contributed by atoms with Gasteiger partial charge in [0.15, 0.2) is 0 Å². The van der Waals surface area contributed by atoms with E-state index in [-0.39, 0.29) is 0 Å². The third-order valence-corrected chi connectivity index (χ3v) is 4.21. The lowest BCUT2D eigenvalue weighted by molar-refractivity contribution is -0.0376. The highest BCUT2D eigenvalue weighted by atomic mass is 28.4. The van der Waals surface area contributed by atoms with Gasteiger partial charge >= 0.3 is 9.05 Å². The topological polar surface area (TPSA) is 46.2 Å². The zero-order valence-corrected chi connectivity index (χ0v) is 12.1. The van der Waals surface area contributed by atoms with E-state index in [1.165, 1.54) is 0 Å². The van der Waals surface area contributed by atoms with Gasteiger partial charge in [-0.2, -0.15) is 0 Å². The molecule has 0 unspecified atom stereocenters. The van der Waals surface area contributed by atoms with E-state index in [1.807, 2.05) is 13.8 Å². The second-order valence-electron chi connectivity index (χ2n) is 3.13. The van der Waals surface area contributed by atoms with E-state index in [0.29, 0.717) is 33.0 Å². The highest BCUT2D eigenvalue weighted by Crippen LogP contribution is 2.12. The Balaban J connectivity index is 4.30. The van der Waals surface area contributed by atoms with Crippen LogP contribution in [-0.4, -0.2) is 49.2 Å². The van der Waals surface area contributed by atoms with E-state index in [1.54, 1.807) is 13.2 Å². The van der Waals surface area contributed by atoms with E-state index >= 15 is 0 Å². The van der Waals surface area contributed by atoms with Crippen molar-refractivity contribution in [1.82, 2.24) is 0 Å². The molecule has 0 aliphatic carbocycles. The first-order chi connectivity index (χ1) is 8.24. The maximum absolute atomic E-state index is 5.64. The molecule has 0 radical (unpaired) electrons. The fraction of sp³-hybridized carbons (Fsp3) is 0.818. The van der Waals surface area contributed by atoms with Crippen LogP contribution in [0.3, 0.4) is 0 Å². The molecule has 0 saturated heterocycles. The summed E-state index contributed by atoms with van der Waals surface area (Å²) in [6.45, 7) is 9.77. The van der Waals surface area contributed by atoms with Crippen molar-refractivity contribution < 1.29 is 22.4 Å². The predicted octanol–water partition coefficient (Wildman–Crippen LogP) is 1.75. The summed E-state index contributed by atoms with van der Waals surface area (Å²) in [4.78, 5) is 0. The molecular weight excluding hydrogens is 240 g/mol. The first-order valence-corrected chi connectivity index (χ1v) is 7.53. The quantitative estimate of drug-likeness (QED) is 0.305. The molecule has 0 aliphatic rings. The lowest BCUT2D eigenvalue weighted by Gasteiger charge is -2.27. The molecule has 0 rings (SSSR count). The van der Waals surface area contributed by atoms with Crippen LogP contribution in [0.1, 0.15) is 20.3 Å². The minimum Gasteiger partial charge on any atom is -0.382 e. The van der Waals surface area contributed by atoms with Gasteiger partial charge in [0, 0.05) is 26.9 Å². The molecule has 5 nitrogen and oxygen atoms in total. The fourth-order valence-corrected chi connectivity index (χ4v) is 3.03. The van der Waals surface area contributed by atoms with Gasteiger partial charge in [-0.25, -0.2) is 0 Å². The summed E-state index contributed by atoms with van der Waals surface area (Å²) in [6.07, 6.45) is 2.52. The molecular formula is C11H24O5Si. The molecule has 0 saturated carbocycles. The van der Waals surface area contributed by atoms with Crippen LogP contribution in [0.5, 0.6) is 0 Å². The Kier molecular flexibility index (Phi) is 10.7. The van der Waals surface area contributed by atoms with E-state index in [2.05, 4.69) is 6.58 Å². The second-order valence-corrected chi connectivity index (χ2v) is 5.29. The van der Waals surface area contributed by atoms with E-state index in [0.717, 1.165) is 6.42 Å². The van der Waals surface area contributed by atoms with Crippen LogP contribution >= 0.6 is 0 Å². The van der Waals surface area contributed by atoms with Crippen LogP contribution in [0.4, 0.5) is 0 Å². The summed E-state index contributed by atoms with van der Waals surface area (Å²) in [5.41, 5.74) is 0. The number of methoxy groups -OCH3 is 1. The first-order valence-electron chi connectivity index (χ1n) is 5.90. The Labute approximate surface area is 105 Å². The molecule has 0 amide bonds. The van der Waals surface area contributed by atoms with Crippen LogP contribution in [0, 0.1) is 0 Å². The summed E-state index contributed by atoms with van der Waals surface area (Å²) in [7, 11) is -1.38. The molecule has 0 aliphatic heterocycles. The van der Waals surface area contributed by atoms with Crippen molar-refractivity contribution in [3.8, 4) is 0 Å². The van der Waals surface area contributed by atoms with Crippen LogP contribution in [-0.2, 0) is 22.4 Å². The highest BCUT2D eigenvalue weighted by Gasteiger charge is 2.44. The molecule has 0 fully saturated rings. The minimum atomic E-state index is -3.00. The lowest BCUT2D eigenvalue weighted by Crippen LogP contribution is -2.50. The van der Waals surface area contributed by atoms with Gasteiger partial charge in [-0.3, -0.25) is 0 Å². The zero-order chi connectivity index (χ0) is 13.0. The Hall–Kier alpha value is -0.243. The van der Waals surface area contributed by atoms with Crippen LogP contribution in [0.25, 0.3) is 0 Å². The number of ether oxygens (including phenoxy) is 1. The van der Waals surface area contributed by atoms with E-state index in [9.17, 15) is 0 Å². The Bertz CT molecular complexity index is 183. The normalized spacial score (nSPS) is 11.7. The fourth-order valence-electron chi connectivity index (χ4n) is 1.12. The average molecular weight is 264 g/mol. The van der Waals surface area contributed by atoms with Crippen LogP contribution in [0.2, 0.25) is 0 Å². The van der Waals surface area contributed by atoms with Crippen molar-refractivity contribution in [1.29, 1.82) is 0 Å². The molecule has 0 heterocycles. The third-order valence-electron chi connectivity index (χ3n) is 1.81. The standard InChI is InChI=1S/C11H24O5Si/c1-5-8-9-15-17(13-6-2,14-7-3)16-11-10-12-4/h5H,1,6-11H2,2-4H3. The monoisotopic (exact) mass is 264 g/mol. The summed E-state index contributed by atoms with van der Waals surface area (Å²) in [5.74, 6) is 0. The average Bonchev–Trinajstić information content (AvgIpc) is 2.30. The lowest BCUT2D eigenvalue weighted by atomic mass is 10.5. The van der Waals surface area contributed by atoms with Gasteiger partial charge in [0.2, 0.25) is 0 Å². The Morgan fingerprint density at radius 3 is 2.00 bits per heavy atom. The van der Waals surface area contributed by atoms with Gasteiger partial charge in [0.05, 0.1) is 13.2 Å². The van der Waals surface area contributed by atoms with Crippen LogP contribution < -0.4 is 0 Å². The van der Waals surface area contributed by atoms with Crippen molar-refractivity contribution in [2.45, 2.75) is 20.3 Å². The number of rotatable bonds is 12. The summed E-state index contributed by atoms with van der Waals surface area (Å²) < 4.78 is 27.3. The molecule has 0 atom stereocenters. The first kappa shape index (κ1) is 16.8. The third kappa shape index (κ3) is 7.64. The van der Waals surface area contributed by atoms with Crippen molar-refractivity contribution >= 4 is 9.05 Å². The molecule has 0 aromatic carbocycles. The van der Waals surface area contributed by atoms with Gasteiger partial charge in [-0.15, -0.1) is 6.58 Å². The molecule has 0 aromatic rings. The summed E-state index contributed by atoms with van der Waals surface area (Å²) in [5, 5.41) is 0. The molecule has 0 bridgehead atoms. The SMILES string of the molecule is C=CCCO[Si](OCC)(OCC)OCCOC. The van der Waals surface area contributed by atoms with E-state index < -0.39 is 9.05 Å². The summed E-state index contributed by atoms with van der Waals surface area (Å²) in [6, 6.07) is 0. The van der Waals surface area contributed by atoms with Crippen molar-refractivity contribution in [2.24, 2.45) is 0 Å². The van der Waals surface area contributed by atoms with Gasteiger partial charge in [-0.05, 0) is 20.3 Å². The van der Waals surface area contributed by atoms with Crippen LogP contribution in [0.15, 0.2) is 12.7 Å². The number of hydrogen-bond donors (Lipinski definition) is 0. The maximum Gasteiger partial charge on any atom is 0.679 e. The van der Waals surface area contributed by atoms with Crippen molar-refractivity contribution in [2.75, 3.05) is 40.1 Å². The second kappa shape index (κ2) is 10.9. The van der Waals surface area contributed by atoms with Gasteiger partial charge < -0.3 is 22.4 Å². The molecule has 6 heteroatoms. The highest BCUT2D eigenvalue weighted by molar-refractivity contribution is 6.53.